The predicted octanol–water partition coefficient (Wildman–Crippen LogP) is 3.14. The Labute approximate surface area is 122 Å². The van der Waals surface area contributed by atoms with E-state index in [1.54, 1.807) is 43.4 Å². The van der Waals surface area contributed by atoms with Gasteiger partial charge in [-0.3, -0.25) is 4.79 Å². The summed E-state index contributed by atoms with van der Waals surface area (Å²) in [4.78, 5) is 11.5. The second kappa shape index (κ2) is 6.49. The van der Waals surface area contributed by atoms with Crippen LogP contribution in [-0.2, 0) is 0 Å². The van der Waals surface area contributed by atoms with Crippen molar-refractivity contribution in [2.24, 2.45) is 0 Å². The van der Waals surface area contributed by atoms with Crippen molar-refractivity contribution in [1.82, 2.24) is 5.32 Å². The number of amides is 1. The SMILES string of the molecule is CNC(=O)c1ccc(C(=CC#N)c2ccc(F)cc2)cc1. The Morgan fingerprint density at radius 1 is 1.05 bits per heavy atom. The number of carbonyl (C=O) groups excluding carboxylic acids is 1. The predicted molar refractivity (Wildman–Crippen MR) is 78.9 cm³/mol. The van der Waals surface area contributed by atoms with Crippen LogP contribution in [0.25, 0.3) is 5.57 Å². The van der Waals surface area contributed by atoms with E-state index in [4.69, 9.17) is 5.26 Å². The van der Waals surface area contributed by atoms with Crippen molar-refractivity contribution < 1.29 is 9.18 Å². The fourth-order valence-electron chi connectivity index (χ4n) is 1.97. The van der Waals surface area contributed by atoms with E-state index in [1.165, 1.54) is 18.2 Å². The molecule has 104 valence electrons. The molecule has 2 aromatic carbocycles. The van der Waals surface area contributed by atoms with Crippen molar-refractivity contribution in [1.29, 1.82) is 5.26 Å². The summed E-state index contributed by atoms with van der Waals surface area (Å²) < 4.78 is 13.0. The lowest BCUT2D eigenvalue weighted by Crippen LogP contribution is -2.17. The lowest BCUT2D eigenvalue weighted by atomic mass is 9.96. The maximum atomic E-state index is 13.0. The van der Waals surface area contributed by atoms with Crippen LogP contribution in [0, 0.1) is 17.1 Å². The van der Waals surface area contributed by atoms with Gasteiger partial charge in [0.1, 0.15) is 5.82 Å². The van der Waals surface area contributed by atoms with Crippen molar-refractivity contribution in [3.8, 4) is 6.07 Å². The second-order valence-corrected chi connectivity index (χ2v) is 4.35. The van der Waals surface area contributed by atoms with Crippen LogP contribution >= 0.6 is 0 Å². The molecule has 0 aliphatic carbocycles. The Kier molecular flexibility index (Phi) is 4.47. The largest absolute Gasteiger partial charge is 0.355 e. The molecule has 4 heteroatoms. The van der Waals surface area contributed by atoms with Crippen molar-refractivity contribution in [2.45, 2.75) is 0 Å². The maximum Gasteiger partial charge on any atom is 0.251 e. The number of allylic oxidation sites excluding steroid dienone is 1. The van der Waals surface area contributed by atoms with E-state index in [1.807, 2.05) is 6.07 Å². The fourth-order valence-corrected chi connectivity index (χ4v) is 1.97. The minimum Gasteiger partial charge on any atom is -0.355 e. The first-order valence-corrected chi connectivity index (χ1v) is 6.34. The Bertz CT molecular complexity index is 710. The van der Waals surface area contributed by atoms with Gasteiger partial charge >= 0.3 is 0 Å². The standard InChI is InChI=1S/C17H13FN2O/c1-20-17(21)14-4-2-12(3-5-14)16(10-11-19)13-6-8-15(18)9-7-13/h2-10H,1H3,(H,20,21). The summed E-state index contributed by atoms with van der Waals surface area (Å²) in [6.07, 6.45) is 1.40. The molecule has 1 amide bonds. The lowest BCUT2D eigenvalue weighted by Gasteiger charge is -2.08. The molecule has 0 heterocycles. The maximum absolute atomic E-state index is 13.0. The molecular weight excluding hydrogens is 267 g/mol. The van der Waals surface area contributed by atoms with E-state index in [9.17, 15) is 9.18 Å². The molecule has 0 aliphatic rings. The van der Waals surface area contributed by atoms with Gasteiger partial charge in [0, 0.05) is 18.7 Å². The lowest BCUT2D eigenvalue weighted by molar-refractivity contribution is 0.0963. The number of benzene rings is 2. The third-order valence-electron chi connectivity index (χ3n) is 3.05. The zero-order valence-corrected chi connectivity index (χ0v) is 11.4. The first-order chi connectivity index (χ1) is 10.2. The second-order valence-electron chi connectivity index (χ2n) is 4.35. The third kappa shape index (κ3) is 3.34. The van der Waals surface area contributed by atoms with Crippen LogP contribution in [0.15, 0.2) is 54.6 Å². The minimum atomic E-state index is -0.329. The molecule has 2 aromatic rings. The van der Waals surface area contributed by atoms with E-state index in [0.717, 1.165) is 11.1 Å². The molecule has 0 saturated carbocycles. The van der Waals surface area contributed by atoms with Crippen molar-refractivity contribution in [3.63, 3.8) is 0 Å². The topological polar surface area (TPSA) is 52.9 Å². The number of nitrogens with one attached hydrogen (secondary N) is 1. The number of halogens is 1. The van der Waals surface area contributed by atoms with E-state index in [2.05, 4.69) is 5.32 Å². The summed E-state index contributed by atoms with van der Waals surface area (Å²) in [6, 6.07) is 14.8. The molecule has 0 atom stereocenters. The number of nitrogens with zero attached hydrogens (tertiary/aromatic N) is 1. The quantitative estimate of drug-likeness (QED) is 0.878. The number of hydrogen-bond acceptors (Lipinski definition) is 2. The highest BCUT2D eigenvalue weighted by molar-refractivity contribution is 5.94. The van der Waals surface area contributed by atoms with Gasteiger partial charge in [0.25, 0.3) is 5.91 Å². The smallest absolute Gasteiger partial charge is 0.251 e. The van der Waals surface area contributed by atoms with Crippen LogP contribution in [-0.4, -0.2) is 13.0 Å². The van der Waals surface area contributed by atoms with Gasteiger partial charge < -0.3 is 5.32 Å². The highest BCUT2D eigenvalue weighted by atomic mass is 19.1. The van der Waals surface area contributed by atoms with Crippen LogP contribution in [0.5, 0.6) is 0 Å². The molecule has 0 radical (unpaired) electrons. The van der Waals surface area contributed by atoms with Crippen LogP contribution in [0.1, 0.15) is 21.5 Å². The summed E-state index contributed by atoms with van der Waals surface area (Å²) >= 11 is 0. The normalized spacial score (nSPS) is 10.8. The molecule has 1 N–H and O–H groups in total. The van der Waals surface area contributed by atoms with Gasteiger partial charge in [0.15, 0.2) is 0 Å². The highest BCUT2D eigenvalue weighted by Gasteiger charge is 2.07. The van der Waals surface area contributed by atoms with Gasteiger partial charge in [-0.05, 0) is 41.0 Å². The van der Waals surface area contributed by atoms with Crippen molar-refractivity contribution in [3.05, 3.63) is 77.1 Å². The summed E-state index contributed by atoms with van der Waals surface area (Å²) in [5.74, 6) is -0.501. The van der Waals surface area contributed by atoms with Gasteiger partial charge in [-0.1, -0.05) is 24.3 Å². The first-order valence-electron chi connectivity index (χ1n) is 6.34. The van der Waals surface area contributed by atoms with E-state index >= 15 is 0 Å². The zero-order valence-electron chi connectivity index (χ0n) is 11.4. The Morgan fingerprint density at radius 3 is 2.00 bits per heavy atom. The molecule has 0 bridgehead atoms. The van der Waals surface area contributed by atoms with Gasteiger partial charge in [0.2, 0.25) is 0 Å². The van der Waals surface area contributed by atoms with Gasteiger partial charge in [-0.2, -0.15) is 5.26 Å². The molecule has 21 heavy (non-hydrogen) atoms. The Balaban J connectivity index is 2.40. The molecule has 0 aromatic heterocycles. The number of nitriles is 1. The number of hydrogen-bond donors (Lipinski definition) is 1. The minimum absolute atomic E-state index is 0.172. The molecule has 0 unspecified atom stereocenters. The van der Waals surface area contributed by atoms with Gasteiger partial charge in [0.05, 0.1) is 6.07 Å². The fraction of sp³-hybridized carbons (Fsp3) is 0.0588. The summed E-state index contributed by atoms with van der Waals surface area (Å²) in [5.41, 5.74) is 2.75. The van der Waals surface area contributed by atoms with E-state index in [0.29, 0.717) is 11.1 Å². The van der Waals surface area contributed by atoms with Gasteiger partial charge in [-0.15, -0.1) is 0 Å². The molecule has 0 saturated heterocycles. The van der Waals surface area contributed by atoms with Crippen LogP contribution < -0.4 is 5.32 Å². The van der Waals surface area contributed by atoms with E-state index in [-0.39, 0.29) is 11.7 Å². The third-order valence-corrected chi connectivity index (χ3v) is 3.05. The highest BCUT2D eigenvalue weighted by Crippen LogP contribution is 2.23. The average Bonchev–Trinajstić information content (AvgIpc) is 2.53. The van der Waals surface area contributed by atoms with E-state index < -0.39 is 0 Å². The van der Waals surface area contributed by atoms with Crippen molar-refractivity contribution >= 4 is 11.5 Å². The van der Waals surface area contributed by atoms with Crippen LogP contribution in [0.4, 0.5) is 4.39 Å². The number of rotatable bonds is 3. The first kappa shape index (κ1) is 14.5. The average molecular weight is 280 g/mol. The molecule has 0 fully saturated rings. The molecule has 0 aliphatic heterocycles. The van der Waals surface area contributed by atoms with Crippen molar-refractivity contribution in [2.75, 3.05) is 7.05 Å². The van der Waals surface area contributed by atoms with Crippen LogP contribution in [0.2, 0.25) is 0 Å². The monoisotopic (exact) mass is 280 g/mol. The Hall–Kier alpha value is -2.93. The Morgan fingerprint density at radius 2 is 1.52 bits per heavy atom. The summed E-state index contributed by atoms with van der Waals surface area (Å²) in [7, 11) is 1.57. The molecule has 0 spiro atoms. The number of carbonyl (C=O) groups is 1. The van der Waals surface area contributed by atoms with Crippen LogP contribution in [0.3, 0.4) is 0 Å². The van der Waals surface area contributed by atoms with Gasteiger partial charge in [-0.25, -0.2) is 4.39 Å². The molecule has 3 nitrogen and oxygen atoms in total. The molecule has 2 rings (SSSR count). The zero-order chi connectivity index (χ0) is 15.2. The summed E-state index contributed by atoms with van der Waals surface area (Å²) in [5, 5.41) is 11.5. The summed E-state index contributed by atoms with van der Waals surface area (Å²) in [6.45, 7) is 0. The molecular formula is C17H13FN2O.